The van der Waals surface area contributed by atoms with E-state index < -0.39 is 21.8 Å². The van der Waals surface area contributed by atoms with Crippen molar-refractivity contribution in [2.45, 2.75) is 24.9 Å². The number of halogens is 1. The largest absolute Gasteiger partial charge is 0.459 e. The van der Waals surface area contributed by atoms with Crippen molar-refractivity contribution in [3.8, 4) is 0 Å². The van der Waals surface area contributed by atoms with Gasteiger partial charge in [0.2, 0.25) is 10.0 Å². The van der Waals surface area contributed by atoms with E-state index in [1.54, 1.807) is 60.7 Å². The smallest absolute Gasteiger partial charge is 0.329 e. The number of carbonyl (C=O) groups is 2. The molecule has 0 saturated heterocycles. The second kappa shape index (κ2) is 12.5. The van der Waals surface area contributed by atoms with Crippen molar-refractivity contribution in [1.29, 1.82) is 0 Å². The highest BCUT2D eigenvalue weighted by Crippen LogP contribution is 2.23. The first-order chi connectivity index (χ1) is 18.7. The van der Waals surface area contributed by atoms with Gasteiger partial charge in [0.15, 0.2) is 0 Å². The molecule has 9 nitrogen and oxygen atoms in total. The summed E-state index contributed by atoms with van der Waals surface area (Å²) in [7, 11) is -3.84. The molecule has 1 aromatic heterocycles. The normalized spacial score (nSPS) is 11.6. The molecule has 0 unspecified atom stereocenters. The van der Waals surface area contributed by atoms with Crippen LogP contribution in [0.5, 0.6) is 0 Å². The minimum Gasteiger partial charge on any atom is -0.459 e. The lowest BCUT2D eigenvalue weighted by atomic mass is 10.2. The van der Waals surface area contributed by atoms with Crippen LogP contribution in [0.3, 0.4) is 0 Å². The molecule has 2 amide bonds. The van der Waals surface area contributed by atoms with Crippen molar-refractivity contribution in [1.82, 2.24) is 9.73 Å². The average molecular weight is 565 g/mol. The van der Waals surface area contributed by atoms with Gasteiger partial charge in [0.1, 0.15) is 11.5 Å². The Labute approximate surface area is 231 Å². The summed E-state index contributed by atoms with van der Waals surface area (Å²) >= 11 is 5.98. The number of aryl methyl sites for hydroxylation is 1. The van der Waals surface area contributed by atoms with Gasteiger partial charge >= 0.3 is 11.8 Å². The summed E-state index contributed by atoms with van der Waals surface area (Å²) in [5, 5.41) is 6.43. The number of nitrogens with one attached hydrogen (secondary N) is 2. The zero-order valence-electron chi connectivity index (χ0n) is 20.9. The van der Waals surface area contributed by atoms with Gasteiger partial charge in [-0.15, -0.1) is 0 Å². The molecule has 3 aromatic carbocycles. The van der Waals surface area contributed by atoms with Crippen molar-refractivity contribution in [2.75, 3.05) is 5.32 Å². The molecule has 0 fully saturated rings. The first-order valence-corrected chi connectivity index (χ1v) is 13.6. The number of sulfonamides is 1. The second-order valence-corrected chi connectivity index (χ2v) is 10.9. The van der Waals surface area contributed by atoms with Crippen LogP contribution in [0.1, 0.15) is 22.6 Å². The van der Waals surface area contributed by atoms with Crippen LogP contribution >= 0.6 is 11.6 Å². The van der Waals surface area contributed by atoms with E-state index in [-0.39, 0.29) is 28.8 Å². The van der Waals surface area contributed by atoms with Gasteiger partial charge in [-0.3, -0.25) is 9.59 Å². The number of amides is 2. The molecule has 11 heteroatoms. The van der Waals surface area contributed by atoms with Gasteiger partial charge in [-0.1, -0.05) is 71.8 Å². The van der Waals surface area contributed by atoms with Gasteiger partial charge in [0.25, 0.3) is 0 Å². The number of benzene rings is 3. The van der Waals surface area contributed by atoms with E-state index in [4.69, 9.17) is 16.0 Å². The molecule has 0 aliphatic carbocycles. The Morgan fingerprint density at radius 2 is 1.59 bits per heavy atom. The van der Waals surface area contributed by atoms with E-state index in [1.165, 1.54) is 10.5 Å². The topological polar surface area (TPSA) is 121 Å². The fraction of sp³-hybridized carbons (Fsp3) is 0.107. The fourth-order valence-electron chi connectivity index (χ4n) is 3.54. The van der Waals surface area contributed by atoms with E-state index >= 15 is 0 Å². The maximum atomic E-state index is 13.5. The molecule has 0 aliphatic rings. The lowest BCUT2D eigenvalue weighted by Gasteiger charge is -2.21. The molecule has 0 saturated carbocycles. The molecule has 0 aliphatic heterocycles. The van der Waals surface area contributed by atoms with Gasteiger partial charge < -0.3 is 9.73 Å². The number of para-hydroxylation sites is 1. The number of hydrogen-bond acceptors (Lipinski definition) is 6. The Hall–Kier alpha value is -4.25. The van der Waals surface area contributed by atoms with Crippen LogP contribution in [0, 0.1) is 6.92 Å². The Kier molecular flexibility index (Phi) is 8.92. The maximum absolute atomic E-state index is 13.5. The third-order valence-electron chi connectivity index (χ3n) is 5.56. The summed E-state index contributed by atoms with van der Waals surface area (Å²) in [5.74, 6) is -1.33. The van der Waals surface area contributed by atoms with Gasteiger partial charge in [0.05, 0.1) is 28.4 Å². The fourth-order valence-corrected chi connectivity index (χ4v) is 5.12. The Bertz CT molecular complexity index is 1590. The number of anilines is 1. The van der Waals surface area contributed by atoms with Crippen molar-refractivity contribution >= 4 is 45.3 Å². The molecular formula is C28H25ClN4O5S. The van der Waals surface area contributed by atoms with Crippen LogP contribution in [-0.2, 0) is 32.7 Å². The molecule has 0 spiro atoms. The Morgan fingerprint density at radius 3 is 2.31 bits per heavy atom. The number of nitrogens with zero attached hydrogens (tertiary/aromatic N) is 2. The number of furan rings is 1. The van der Waals surface area contributed by atoms with E-state index in [0.717, 1.165) is 11.1 Å². The molecule has 0 bridgehead atoms. The highest BCUT2D eigenvalue weighted by Gasteiger charge is 2.26. The summed E-state index contributed by atoms with van der Waals surface area (Å²) < 4.78 is 34.0. The number of carbonyl (C=O) groups excluding carboxylic acids is 2. The van der Waals surface area contributed by atoms with Crippen LogP contribution < -0.4 is 10.7 Å². The Morgan fingerprint density at radius 1 is 0.897 bits per heavy atom. The molecule has 200 valence electrons. The van der Waals surface area contributed by atoms with Crippen molar-refractivity contribution in [3.05, 3.63) is 119 Å². The zero-order chi connectivity index (χ0) is 27.8. The molecule has 2 N–H and O–H groups in total. The van der Waals surface area contributed by atoms with Gasteiger partial charge in [-0.25, -0.2) is 13.8 Å². The third-order valence-corrected chi connectivity index (χ3v) is 7.70. The number of rotatable bonds is 9. The minimum absolute atomic E-state index is 0.0362. The molecule has 4 aromatic rings. The van der Waals surface area contributed by atoms with Crippen LogP contribution in [0.25, 0.3) is 0 Å². The molecule has 0 radical (unpaired) electrons. The highest BCUT2D eigenvalue weighted by atomic mass is 35.5. The third kappa shape index (κ3) is 7.41. The summed E-state index contributed by atoms with van der Waals surface area (Å²) in [6.07, 6.45) is 1.21. The van der Waals surface area contributed by atoms with Crippen LogP contribution in [0.4, 0.5) is 5.69 Å². The molecule has 1 heterocycles. The van der Waals surface area contributed by atoms with Gasteiger partial charge in [-0.05, 0) is 48.9 Å². The Balaban J connectivity index is 1.43. The van der Waals surface area contributed by atoms with E-state index in [0.29, 0.717) is 11.4 Å². The second-order valence-electron chi connectivity index (χ2n) is 8.51. The van der Waals surface area contributed by atoms with E-state index in [9.17, 15) is 18.0 Å². The predicted octanol–water partition coefficient (Wildman–Crippen LogP) is 4.72. The first kappa shape index (κ1) is 27.8. The molecule has 4 rings (SSSR count). The monoisotopic (exact) mass is 564 g/mol. The lowest BCUT2D eigenvalue weighted by Crippen LogP contribution is -2.32. The molecular weight excluding hydrogens is 540 g/mol. The number of hydrazone groups is 1. The predicted molar refractivity (Wildman–Crippen MR) is 149 cm³/mol. The highest BCUT2D eigenvalue weighted by molar-refractivity contribution is 7.89. The summed E-state index contributed by atoms with van der Waals surface area (Å²) in [5.41, 5.74) is 4.17. The van der Waals surface area contributed by atoms with Crippen molar-refractivity contribution in [3.63, 3.8) is 0 Å². The van der Waals surface area contributed by atoms with Crippen LogP contribution in [0.2, 0.25) is 5.02 Å². The SMILES string of the molecule is Cc1ccc(S(=O)(=O)N(Cc2ccccc2)Cc2ccc(/C=N/NC(=O)C(=O)Nc3ccccc3Cl)o2)cc1. The van der Waals surface area contributed by atoms with Crippen LogP contribution in [-0.4, -0.2) is 30.8 Å². The summed E-state index contributed by atoms with van der Waals surface area (Å²) in [4.78, 5) is 24.3. The first-order valence-electron chi connectivity index (χ1n) is 11.8. The lowest BCUT2D eigenvalue weighted by molar-refractivity contribution is -0.136. The van der Waals surface area contributed by atoms with Crippen molar-refractivity contribution < 1.29 is 22.4 Å². The maximum Gasteiger partial charge on any atom is 0.329 e. The van der Waals surface area contributed by atoms with E-state index in [1.807, 2.05) is 37.3 Å². The standard InChI is InChI=1S/C28H25ClN4O5S/c1-20-11-15-24(16-12-20)39(36,37)33(18-21-7-3-2-4-8-21)19-23-14-13-22(38-23)17-30-32-28(35)27(34)31-26-10-6-5-9-25(26)29/h2-17H,18-19H2,1H3,(H,31,34)(H,32,35)/b30-17+. The van der Waals surface area contributed by atoms with Gasteiger partial charge in [-0.2, -0.15) is 9.41 Å². The zero-order valence-corrected chi connectivity index (χ0v) is 22.4. The minimum atomic E-state index is -3.84. The quantitative estimate of drug-likeness (QED) is 0.173. The molecule has 39 heavy (non-hydrogen) atoms. The molecule has 0 atom stereocenters. The number of hydrogen-bond donors (Lipinski definition) is 2. The van der Waals surface area contributed by atoms with Gasteiger partial charge in [0, 0.05) is 6.54 Å². The average Bonchev–Trinajstić information content (AvgIpc) is 3.37. The summed E-state index contributed by atoms with van der Waals surface area (Å²) in [6, 6.07) is 25.6. The van der Waals surface area contributed by atoms with Crippen LogP contribution in [0.15, 0.2) is 105 Å². The van der Waals surface area contributed by atoms with Crippen molar-refractivity contribution in [2.24, 2.45) is 5.10 Å². The summed E-state index contributed by atoms with van der Waals surface area (Å²) in [6.45, 7) is 1.99. The van der Waals surface area contributed by atoms with E-state index in [2.05, 4.69) is 15.8 Å².